The summed E-state index contributed by atoms with van der Waals surface area (Å²) in [4.78, 5) is 11.8. The molecule has 1 amide bonds. The Morgan fingerprint density at radius 1 is 1.19 bits per heavy atom. The van der Waals surface area contributed by atoms with Crippen LogP contribution >= 0.6 is 39.1 Å². The van der Waals surface area contributed by atoms with Crippen molar-refractivity contribution in [2.45, 2.75) is 0 Å². The Morgan fingerprint density at radius 3 is 2.52 bits per heavy atom. The van der Waals surface area contributed by atoms with Gasteiger partial charge in [-0.15, -0.1) is 0 Å². The van der Waals surface area contributed by atoms with E-state index in [1.807, 2.05) is 0 Å². The minimum Gasteiger partial charge on any atom is -0.482 e. The van der Waals surface area contributed by atoms with Crippen molar-refractivity contribution >= 4 is 56.4 Å². The van der Waals surface area contributed by atoms with Crippen LogP contribution in [0.15, 0.2) is 40.9 Å². The maximum atomic E-state index is 11.8. The number of ether oxygens (including phenoxy) is 1. The summed E-state index contributed by atoms with van der Waals surface area (Å²) in [6.45, 7) is -0.179. The van der Waals surface area contributed by atoms with Gasteiger partial charge in [-0.1, -0.05) is 23.2 Å². The number of hydrogen-bond donors (Lipinski definition) is 2. The molecule has 0 fully saturated rings. The van der Waals surface area contributed by atoms with Gasteiger partial charge in [-0.25, -0.2) is 0 Å². The molecule has 3 N–H and O–H groups in total. The first-order valence-electron chi connectivity index (χ1n) is 5.88. The van der Waals surface area contributed by atoms with Crippen LogP contribution in [-0.4, -0.2) is 12.5 Å². The normalized spacial score (nSPS) is 10.2. The zero-order chi connectivity index (χ0) is 15.4. The van der Waals surface area contributed by atoms with Crippen LogP contribution in [0.4, 0.5) is 11.4 Å². The van der Waals surface area contributed by atoms with E-state index in [4.69, 9.17) is 33.7 Å². The van der Waals surface area contributed by atoms with Gasteiger partial charge in [0.2, 0.25) is 0 Å². The summed E-state index contributed by atoms with van der Waals surface area (Å²) in [6.07, 6.45) is 0. The largest absolute Gasteiger partial charge is 0.482 e. The van der Waals surface area contributed by atoms with Crippen molar-refractivity contribution in [3.05, 3.63) is 50.9 Å². The summed E-state index contributed by atoms with van der Waals surface area (Å²) in [5, 5.41) is 3.50. The number of hydrogen-bond acceptors (Lipinski definition) is 3. The molecule has 0 heterocycles. The molecule has 0 unspecified atom stereocenters. The average molecular weight is 390 g/mol. The van der Waals surface area contributed by atoms with Crippen LogP contribution in [0.2, 0.25) is 10.0 Å². The highest BCUT2D eigenvalue weighted by atomic mass is 79.9. The van der Waals surface area contributed by atoms with E-state index in [-0.39, 0.29) is 12.5 Å². The third-order valence-corrected chi connectivity index (χ3v) is 4.02. The van der Waals surface area contributed by atoms with E-state index in [9.17, 15) is 4.79 Å². The Labute approximate surface area is 140 Å². The number of rotatable bonds is 4. The molecule has 21 heavy (non-hydrogen) atoms. The van der Waals surface area contributed by atoms with E-state index >= 15 is 0 Å². The molecule has 4 nitrogen and oxygen atoms in total. The minimum atomic E-state index is -0.310. The van der Waals surface area contributed by atoms with Crippen LogP contribution in [-0.2, 0) is 4.79 Å². The monoisotopic (exact) mass is 388 g/mol. The minimum absolute atomic E-state index is 0.179. The van der Waals surface area contributed by atoms with Gasteiger partial charge in [-0.2, -0.15) is 0 Å². The number of carbonyl (C=O) groups excluding carboxylic acids is 1. The number of halogens is 3. The molecule has 0 aliphatic heterocycles. The van der Waals surface area contributed by atoms with Crippen molar-refractivity contribution in [1.82, 2.24) is 0 Å². The summed E-state index contributed by atoms with van der Waals surface area (Å²) in [5.74, 6) is 0.0344. The fourth-order valence-corrected chi connectivity index (χ4v) is 2.37. The van der Waals surface area contributed by atoms with E-state index < -0.39 is 0 Å². The zero-order valence-corrected chi connectivity index (χ0v) is 13.8. The molecule has 0 bridgehead atoms. The molecule has 0 atom stereocenters. The third kappa shape index (κ3) is 4.52. The van der Waals surface area contributed by atoms with Crippen LogP contribution in [0.3, 0.4) is 0 Å². The summed E-state index contributed by atoms with van der Waals surface area (Å²) >= 11 is 15.2. The SMILES string of the molecule is Nc1ccc(NC(=O)COc2cc(Cl)c(Br)cc2Cl)cc1. The second-order valence-electron chi connectivity index (χ2n) is 4.16. The van der Waals surface area contributed by atoms with Crippen LogP contribution in [0.25, 0.3) is 0 Å². The molecule has 0 aliphatic rings. The molecule has 110 valence electrons. The molecule has 0 radical (unpaired) electrons. The fraction of sp³-hybridized carbons (Fsp3) is 0.0714. The molecular weight excluding hydrogens is 379 g/mol. The van der Waals surface area contributed by atoms with Crippen molar-refractivity contribution in [2.24, 2.45) is 0 Å². The molecule has 2 rings (SSSR count). The Bertz CT molecular complexity index is 663. The first kappa shape index (κ1) is 15.9. The number of nitrogen functional groups attached to an aromatic ring is 1. The van der Waals surface area contributed by atoms with Crippen molar-refractivity contribution in [3.63, 3.8) is 0 Å². The molecular formula is C14H11BrCl2N2O2. The van der Waals surface area contributed by atoms with Crippen LogP contribution in [0, 0.1) is 0 Å². The number of amides is 1. The zero-order valence-electron chi connectivity index (χ0n) is 10.7. The maximum absolute atomic E-state index is 11.8. The van der Waals surface area contributed by atoms with E-state index in [0.29, 0.717) is 31.6 Å². The molecule has 0 saturated heterocycles. The molecule has 0 aromatic heterocycles. The second-order valence-corrected chi connectivity index (χ2v) is 5.82. The Morgan fingerprint density at radius 2 is 1.86 bits per heavy atom. The van der Waals surface area contributed by atoms with Gasteiger partial charge in [0.05, 0.1) is 10.0 Å². The number of anilines is 2. The van der Waals surface area contributed by atoms with E-state index in [0.717, 1.165) is 0 Å². The Balaban J connectivity index is 1.95. The molecule has 0 spiro atoms. The predicted octanol–water partition coefficient (Wildman–Crippen LogP) is 4.36. The van der Waals surface area contributed by atoms with Crippen molar-refractivity contribution < 1.29 is 9.53 Å². The smallest absolute Gasteiger partial charge is 0.262 e. The summed E-state index contributed by atoms with van der Waals surface area (Å²) < 4.78 is 6.02. The van der Waals surface area contributed by atoms with Crippen molar-refractivity contribution in [3.8, 4) is 5.75 Å². The Hall–Kier alpha value is -1.43. The lowest BCUT2D eigenvalue weighted by Crippen LogP contribution is -2.20. The topological polar surface area (TPSA) is 64.3 Å². The average Bonchev–Trinajstić information content (AvgIpc) is 2.44. The van der Waals surface area contributed by atoms with Gasteiger partial charge in [0.25, 0.3) is 5.91 Å². The van der Waals surface area contributed by atoms with Crippen LogP contribution in [0.5, 0.6) is 5.75 Å². The molecule has 0 saturated carbocycles. The lowest BCUT2D eigenvalue weighted by molar-refractivity contribution is -0.118. The van der Waals surface area contributed by atoms with Gasteiger partial charge in [0.15, 0.2) is 6.61 Å². The number of carbonyl (C=O) groups is 1. The first-order valence-corrected chi connectivity index (χ1v) is 7.43. The van der Waals surface area contributed by atoms with Gasteiger partial charge < -0.3 is 15.8 Å². The number of benzene rings is 2. The molecule has 7 heteroatoms. The second kappa shape index (κ2) is 7.02. The van der Waals surface area contributed by atoms with E-state index in [1.165, 1.54) is 0 Å². The quantitative estimate of drug-likeness (QED) is 0.603. The fourth-order valence-electron chi connectivity index (χ4n) is 1.52. The lowest BCUT2D eigenvalue weighted by Gasteiger charge is -2.10. The van der Waals surface area contributed by atoms with Crippen LogP contribution in [0.1, 0.15) is 0 Å². The highest BCUT2D eigenvalue weighted by Crippen LogP contribution is 2.34. The van der Waals surface area contributed by atoms with Crippen molar-refractivity contribution in [1.29, 1.82) is 0 Å². The molecule has 2 aromatic rings. The van der Waals surface area contributed by atoms with Gasteiger partial charge in [-0.05, 0) is 46.3 Å². The van der Waals surface area contributed by atoms with Crippen molar-refractivity contribution in [2.75, 3.05) is 17.7 Å². The maximum Gasteiger partial charge on any atom is 0.262 e. The predicted molar refractivity (Wildman–Crippen MR) is 89.1 cm³/mol. The van der Waals surface area contributed by atoms with Crippen LogP contribution < -0.4 is 15.8 Å². The van der Waals surface area contributed by atoms with Gasteiger partial charge in [0, 0.05) is 21.9 Å². The summed E-state index contributed by atoms with van der Waals surface area (Å²) in [7, 11) is 0. The lowest BCUT2D eigenvalue weighted by atomic mass is 10.3. The standard InChI is InChI=1S/C14H11BrCl2N2O2/c15-10-5-12(17)13(6-11(10)16)21-7-14(20)19-9-3-1-8(18)2-4-9/h1-6H,7,18H2,(H,19,20). The molecule has 2 aromatic carbocycles. The Kier molecular flexibility index (Phi) is 5.33. The third-order valence-electron chi connectivity index (χ3n) is 2.53. The van der Waals surface area contributed by atoms with E-state index in [2.05, 4.69) is 21.2 Å². The number of nitrogens with one attached hydrogen (secondary N) is 1. The highest BCUT2D eigenvalue weighted by molar-refractivity contribution is 9.10. The van der Waals surface area contributed by atoms with Gasteiger partial charge in [0.1, 0.15) is 5.75 Å². The molecule has 0 aliphatic carbocycles. The van der Waals surface area contributed by atoms with Gasteiger partial charge in [-0.3, -0.25) is 4.79 Å². The summed E-state index contributed by atoms with van der Waals surface area (Å²) in [5.41, 5.74) is 6.83. The highest BCUT2D eigenvalue weighted by Gasteiger charge is 2.09. The van der Waals surface area contributed by atoms with Gasteiger partial charge >= 0.3 is 0 Å². The van der Waals surface area contributed by atoms with E-state index in [1.54, 1.807) is 36.4 Å². The number of nitrogens with two attached hydrogens (primary N) is 1. The first-order chi connectivity index (χ1) is 9.95. The summed E-state index contributed by atoms with van der Waals surface area (Å²) in [6, 6.07) is 9.96.